The van der Waals surface area contributed by atoms with E-state index in [0.717, 1.165) is 216 Å². The highest BCUT2D eigenvalue weighted by Crippen LogP contribution is 2.72. The lowest BCUT2D eigenvalue weighted by Crippen LogP contribution is -2.51. The van der Waals surface area contributed by atoms with E-state index < -0.39 is 21.4 Å². The largest absolute Gasteiger partial charge is 0.462 e. The normalized spacial score (nSPS) is 50.3. The average molecular weight is 1770 g/mol. The summed E-state index contributed by atoms with van der Waals surface area (Å²) in [5.41, 5.74) is 9.71. The molecule has 0 aromatic heterocycles. The third kappa shape index (κ3) is 19.9. The minimum atomic E-state index is -4.10. The Balaban J connectivity index is 0.000000130. The molecule has 0 aliphatic heterocycles. The van der Waals surface area contributed by atoms with Crippen LogP contribution in [0.1, 0.15) is 288 Å². The molecule has 20 aliphatic rings. The zero-order chi connectivity index (χ0) is 91.1. The van der Waals surface area contributed by atoms with Crippen molar-refractivity contribution >= 4 is 51.3 Å². The van der Waals surface area contributed by atoms with E-state index in [9.17, 15) is 32.4 Å². The number of halogens is 1. The Morgan fingerprint density at radius 3 is 1.33 bits per heavy atom. The molecule has 20 fully saturated rings. The van der Waals surface area contributed by atoms with Gasteiger partial charge in [-0.25, -0.2) is 0 Å². The van der Waals surface area contributed by atoms with Gasteiger partial charge in [0.2, 0.25) is 23.6 Å². The molecule has 0 aromatic rings. The van der Waals surface area contributed by atoms with E-state index in [-0.39, 0.29) is 71.3 Å². The molecule has 4 amide bonds. The minimum Gasteiger partial charge on any atom is -0.462 e. The number of ether oxygens (including phenoxy) is 2. The molecule has 20 bridgehead atoms. The number of primary amides is 2. The molecule has 17 nitrogen and oxygen atoms in total. The van der Waals surface area contributed by atoms with Gasteiger partial charge in [0, 0.05) is 47.7 Å². The average Bonchev–Trinajstić information content (AvgIpc) is 1.53. The van der Waals surface area contributed by atoms with Gasteiger partial charge in [-0.15, -0.1) is 11.6 Å². The minimum absolute atomic E-state index is 0.00753. The van der Waals surface area contributed by atoms with Gasteiger partial charge in [-0.1, -0.05) is 132 Å². The molecule has 704 valence electrons. The first kappa shape index (κ1) is 99.5. The van der Waals surface area contributed by atoms with Crippen LogP contribution in [0.3, 0.4) is 0 Å². The number of amides is 4. The van der Waals surface area contributed by atoms with Gasteiger partial charge in [0.25, 0.3) is 10.1 Å². The molecule has 0 spiro atoms. The Morgan fingerprint density at radius 1 is 0.468 bits per heavy atom. The van der Waals surface area contributed by atoms with Crippen LogP contribution >= 0.6 is 11.6 Å². The molecule has 20 aliphatic carbocycles. The molecule has 48 atom stereocenters. The van der Waals surface area contributed by atoms with E-state index in [4.69, 9.17) is 52.7 Å². The van der Waals surface area contributed by atoms with Crippen molar-refractivity contribution in [1.29, 1.82) is 10.5 Å². The van der Waals surface area contributed by atoms with Gasteiger partial charge in [-0.3, -0.25) is 28.5 Å². The van der Waals surface area contributed by atoms with Gasteiger partial charge in [0.05, 0.1) is 35.5 Å². The summed E-state index contributed by atoms with van der Waals surface area (Å²) in [4.78, 5) is 59.3. The summed E-state index contributed by atoms with van der Waals surface area (Å²) in [5.74, 6) is 32.6. The lowest BCUT2D eigenvalue weighted by atomic mass is 9.62. The van der Waals surface area contributed by atoms with Crippen molar-refractivity contribution < 1.29 is 51.5 Å². The summed E-state index contributed by atoms with van der Waals surface area (Å²) in [7, 11) is -4.10. The fraction of sp³-hybridized carbons (Fsp3) is 0.933. The first-order chi connectivity index (χ1) is 58.1. The van der Waals surface area contributed by atoms with Crippen LogP contribution in [0.5, 0.6) is 0 Å². The van der Waals surface area contributed by atoms with Crippen molar-refractivity contribution in [2.24, 2.45) is 289 Å². The number of nitriles is 2. The van der Waals surface area contributed by atoms with Crippen LogP contribution in [0, 0.1) is 300 Å². The van der Waals surface area contributed by atoms with E-state index in [0.29, 0.717) is 96.2 Å². The van der Waals surface area contributed by atoms with Crippen LogP contribution < -0.4 is 22.1 Å². The number of hydrogen-bond donors (Lipinski definition) is 6. The summed E-state index contributed by atoms with van der Waals surface area (Å²) in [6, 6.07) is 4.97. The Morgan fingerprint density at radius 2 is 0.903 bits per heavy atom. The molecule has 0 radical (unpaired) electrons. The van der Waals surface area contributed by atoms with Gasteiger partial charge in [-0.2, -0.15) is 18.9 Å². The van der Waals surface area contributed by atoms with E-state index in [1.165, 1.54) is 83.5 Å². The van der Waals surface area contributed by atoms with Crippen LogP contribution in [0.2, 0.25) is 0 Å². The van der Waals surface area contributed by atoms with Crippen LogP contribution in [0.25, 0.3) is 0 Å². The maximum Gasteiger partial charge on any atom is 0.325 e. The maximum atomic E-state index is 12.7. The number of fused-ring (bicyclic) bond motifs is 25. The van der Waals surface area contributed by atoms with Crippen LogP contribution in [-0.4, -0.2) is 97.3 Å². The van der Waals surface area contributed by atoms with E-state index in [1.807, 2.05) is 6.92 Å². The Hall–Kier alpha value is -3.55. The summed E-state index contributed by atoms with van der Waals surface area (Å²) in [5, 5.41) is 33.2. The number of hydrogen-bond acceptors (Lipinski definition) is 12. The van der Waals surface area contributed by atoms with Gasteiger partial charge >= 0.3 is 5.97 Å². The molecule has 19 heteroatoms. The highest BCUT2D eigenvalue weighted by Gasteiger charge is 2.67. The fourth-order valence-electron chi connectivity index (χ4n) is 33.9. The highest BCUT2D eigenvalue weighted by atomic mass is 35.5. The van der Waals surface area contributed by atoms with Crippen molar-refractivity contribution in [2.75, 3.05) is 38.7 Å². The molecule has 48 unspecified atom stereocenters. The van der Waals surface area contributed by atoms with Crippen molar-refractivity contribution in [3.63, 3.8) is 0 Å². The third-order valence-corrected chi connectivity index (χ3v) is 44.7. The lowest BCUT2D eigenvalue weighted by molar-refractivity contribution is -0.146. The summed E-state index contributed by atoms with van der Waals surface area (Å²) >= 11 is 6.17. The van der Waals surface area contributed by atoms with Crippen molar-refractivity contribution in [1.82, 2.24) is 10.6 Å². The van der Waals surface area contributed by atoms with Gasteiger partial charge in [0.15, 0.2) is 0 Å². The lowest BCUT2D eigenvalue weighted by Gasteiger charge is -2.43. The molecule has 8 N–H and O–H groups in total. The SMILES string of the molecule is CC1C2CC(C#N)C(C2)C1C.CC1C2CC(C(=O)NC(C)(C)CS(=O)(=O)O)C(C2)C1C.CC1C2CC(C(N)=O)C(C2)C1C.CC1C2CC(C1C)C(C)(C#N)C2.CC1C2CC(C1C)C(C)(C(N)=O)C2.CC1C2CC(CO)C(C2)C1C.CC1C2CC(Cl)C(C2)C1C.CC1C2CCC(C2)C1C.CCOCCOC(=O)CNC(=O)C1CC2CC1C1C3CC(C(C)C3C)C21. The number of nitrogens with zero attached hydrogens (tertiary/aromatic N) is 2. The number of alkyl halides is 1. The van der Waals surface area contributed by atoms with E-state index in [2.05, 4.69) is 161 Å². The Bertz CT molecular complexity index is 3850. The Labute approximate surface area is 757 Å². The maximum absolute atomic E-state index is 12.7. The van der Waals surface area contributed by atoms with Crippen LogP contribution in [0.15, 0.2) is 0 Å². The summed E-state index contributed by atoms with van der Waals surface area (Å²) in [6.07, 6.45) is 25.2. The zero-order valence-electron chi connectivity index (χ0n) is 81.3. The second kappa shape index (κ2) is 39.7. The number of nitrogens with two attached hydrogens (primary N) is 2. The van der Waals surface area contributed by atoms with Crippen LogP contribution in [-0.2, 0) is 43.6 Å². The first-order valence-electron chi connectivity index (χ1n) is 51.1. The van der Waals surface area contributed by atoms with E-state index >= 15 is 0 Å². The predicted octanol–water partition coefficient (Wildman–Crippen LogP) is 20.1. The molecule has 20 rings (SSSR count). The summed E-state index contributed by atoms with van der Waals surface area (Å²) < 4.78 is 41.1. The number of aliphatic hydroxyl groups excluding tert-OH is 1. The monoisotopic (exact) mass is 1760 g/mol. The quantitative estimate of drug-likeness (QED) is 0.0310. The molecular weight excluding hydrogens is 1590 g/mol. The summed E-state index contributed by atoms with van der Waals surface area (Å²) in [6.45, 7) is 53.2. The second-order valence-electron chi connectivity index (χ2n) is 48.5. The van der Waals surface area contributed by atoms with E-state index in [1.54, 1.807) is 20.3 Å². The number of esters is 1. The first-order valence-corrected chi connectivity index (χ1v) is 53.1. The molecule has 124 heavy (non-hydrogen) atoms. The standard InChI is InChI=1S/C21H33NO4.C14H25NO4S.C11H19NO.C11H17N.C10H17NO.C10H15N.C10H18O.C9H15Cl.C9H16/c1-4-25-5-6-26-18(23)10-22-21(24)17-8-13-7-16(17)20-15-9-14(19(13)20)11(2)12(15)3;1-8-9(2)11-5-10(8)6-12(11)13(16)15-14(3,4)7-20(17,18)19;1-6-7(2)9-4-8(6)5-11(9,3)10(12)13;1-7-8(2)10-4-9(7)5-11(10,3)6-12;1-5-6(2)8-3-7(5)4-9(8)10(11)12;2*1-6-7(2)10-4-8(6)3-9(10)5-11;1-5-6(2)8-3-7(5)4-9(8)10;1-6-7(2)9-4-3-8(6)5-9/h11-17,19-20H,4-10H2,1-3H3,(H,22,24);8-12H,5-7H2,1-4H3,(H,15,16)(H,17,18,19);6-9H,4-5H2,1-3H3,(H2,12,13);7-10H,4-5H2,1-3H3;5-9H,3-4H2,1-2H3,(H2,11,12);6-10H,3-4H2,1-2H3;6-11H,3-5H2,1-2H3;5-9H,3-4H2,1-2H3;6-9H,3-5H2,1-2H3. The fourth-order valence-corrected chi connectivity index (χ4v) is 35.4. The van der Waals surface area contributed by atoms with Crippen molar-refractivity contribution in [2.45, 2.75) is 299 Å². The zero-order valence-corrected chi connectivity index (χ0v) is 82.9. The predicted molar refractivity (Wildman–Crippen MR) is 493 cm³/mol. The molecule has 0 aromatic carbocycles. The number of rotatable bonds is 14. The number of carbonyl (C=O) groups excluding carboxylic acids is 5. The third-order valence-electron chi connectivity index (χ3n) is 43.1. The van der Waals surface area contributed by atoms with Crippen molar-refractivity contribution in [3.05, 3.63) is 0 Å². The molecular formula is C105H175ClN6O11S. The number of nitrogens with one attached hydrogen (secondary N) is 2. The Kier molecular flexibility index (Phi) is 31.8. The van der Waals surface area contributed by atoms with Gasteiger partial charge < -0.3 is 36.7 Å². The second-order valence-corrected chi connectivity index (χ2v) is 50.5. The molecule has 0 heterocycles. The smallest absolute Gasteiger partial charge is 0.325 e. The number of carbonyl (C=O) groups is 5. The van der Waals surface area contributed by atoms with Crippen LogP contribution in [0.4, 0.5) is 0 Å². The molecule has 0 saturated heterocycles. The highest BCUT2D eigenvalue weighted by molar-refractivity contribution is 7.85. The number of aliphatic hydroxyl groups is 1. The van der Waals surface area contributed by atoms with Gasteiger partial charge in [-0.05, 0) is 399 Å². The van der Waals surface area contributed by atoms with Gasteiger partial charge in [0.1, 0.15) is 13.2 Å². The van der Waals surface area contributed by atoms with Crippen molar-refractivity contribution in [3.8, 4) is 12.1 Å². The molecule has 20 saturated carbocycles. The topological polar surface area (TPSA) is 302 Å².